The second-order valence-electron chi connectivity index (χ2n) is 12.9. The highest BCUT2D eigenvalue weighted by molar-refractivity contribution is 9.10. The largest absolute Gasteiger partial charge is 0.298 e. The molecular weight excluding hydrogens is 656 g/mol. The number of benzene rings is 4. The summed E-state index contributed by atoms with van der Waals surface area (Å²) in [6, 6.07) is 20.6. The highest BCUT2D eigenvalue weighted by atomic mass is 79.9. The van der Waals surface area contributed by atoms with Crippen LogP contribution in [-0.2, 0) is 16.2 Å². The summed E-state index contributed by atoms with van der Waals surface area (Å²) in [5, 5.41) is 0. The molecule has 43 heavy (non-hydrogen) atoms. The van der Waals surface area contributed by atoms with Gasteiger partial charge in [0.15, 0.2) is 0 Å². The smallest absolute Gasteiger partial charge is 0.150 e. The molecule has 0 amide bonds. The Hall–Kier alpha value is -2.49. The molecule has 0 fully saturated rings. The first-order valence-electron chi connectivity index (χ1n) is 16.2. The van der Waals surface area contributed by atoms with Gasteiger partial charge < -0.3 is 0 Å². The lowest BCUT2D eigenvalue weighted by molar-refractivity contribution is 0.112. The van der Waals surface area contributed by atoms with Crippen LogP contribution in [0.15, 0.2) is 63.5 Å². The summed E-state index contributed by atoms with van der Waals surface area (Å²) in [5.74, 6) is 0. The molecule has 1 nitrogen and oxygen atoms in total. The van der Waals surface area contributed by atoms with Crippen molar-refractivity contribution in [1.29, 1.82) is 0 Å². The maximum atomic E-state index is 12.2. The molecular formula is C40H40Br2O. The molecule has 220 valence electrons. The third-order valence-corrected chi connectivity index (χ3v) is 13.0. The van der Waals surface area contributed by atoms with Crippen LogP contribution in [0.1, 0.15) is 124 Å². The molecule has 0 heterocycles. The molecule has 4 aromatic rings. The fraction of sp³-hybridized carbons (Fsp3) is 0.375. The van der Waals surface area contributed by atoms with Crippen LogP contribution in [0.3, 0.4) is 0 Å². The maximum absolute atomic E-state index is 12.2. The van der Waals surface area contributed by atoms with Gasteiger partial charge in [-0.05, 0) is 136 Å². The predicted molar refractivity (Wildman–Crippen MR) is 188 cm³/mol. The van der Waals surface area contributed by atoms with E-state index in [2.05, 4.69) is 122 Å². The number of fused-ring (bicyclic) bond motifs is 12. The Morgan fingerprint density at radius 3 is 1.35 bits per heavy atom. The molecule has 0 atom stereocenters. The number of carbonyl (C=O) groups is 1. The van der Waals surface area contributed by atoms with E-state index < -0.39 is 0 Å². The average molecular weight is 697 g/mol. The summed E-state index contributed by atoms with van der Waals surface area (Å²) in [4.78, 5) is 12.2. The fourth-order valence-corrected chi connectivity index (χ4v) is 10.6. The number of hydrogen-bond donors (Lipinski definition) is 0. The van der Waals surface area contributed by atoms with Crippen molar-refractivity contribution in [2.45, 2.75) is 96.3 Å². The van der Waals surface area contributed by atoms with Gasteiger partial charge in [0.05, 0.1) is 0 Å². The number of halogens is 2. The molecule has 3 aliphatic rings. The molecule has 0 bridgehead atoms. The highest BCUT2D eigenvalue weighted by Crippen LogP contribution is 2.70. The van der Waals surface area contributed by atoms with Gasteiger partial charge >= 0.3 is 0 Å². The Morgan fingerprint density at radius 1 is 0.512 bits per heavy atom. The van der Waals surface area contributed by atoms with Crippen molar-refractivity contribution < 1.29 is 4.79 Å². The van der Waals surface area contributed by atoms with Gasteiger partial charge in [-0.1, -0.05) is 97.7 Å². The minimum atomic E-state index is -0.153. The van der Waals surface area contributed by atoms with Crippen LogP contribution in [0.2, 0.25) is 0 Å². The summed E-state index contributed by atoms with van der Waals surface area (Å²) in [6.45, 7) is 14.3. The second-order valence-corrected chi connectivity index (χ2v) is 14.8. The van der Waals surface area contributed by atoms with E-state index in [1.807, 2.05) is 6.07 Å². The van der Waals surface area contributed by atoms with Gasteiger partial charge in [-0.15, -0.1) is 0 Å². The molecule has 4 aromatic carbocycles. The molecule has 3 heteroatoms. The first-order valence-corrected chi connectivity index (χ1v) is 17.8. The third kappa shape index (κ3) is 3.37. The average Bonchev–Trinajstić information content (AvgIpc) is 3.59. The molecule has 0 saturated heterocycles. The van der Waals surface area contributed by atoms with E-state index in [1.165, 1.54) is 55.6 Å². The highest BCUT2D eigenvalue weighted by Gasteiger charge is 2.56. The molecule has 0 aromatic heterocycles. The number of hydrogen-bond acceptors (Lipinski definition) is 1. The van der Waals surface area contributed by atoms with Crippen LogP contribution in [0.4, 0.5) is 0 Å². The van der Waals surface area contributed by atoms with Gasteiger partial charge in [0, 0.05) is 30.8 Å². The number of carbonyl (C=O) groups excluding carboxylic acids is 1. The lowest BCUT2D eigenvalue weighted by Crippen LogP contribution is -2.32. The van der Waals surface area contributed by atoms with Gasteiger partial charge in [-0.25, -0.2) is 0 Å². The van der Waals surface area contributed by atoms with Crippen LogP contribution in [0.25, 0.3) is 33.4 Å². The van der Waals surface area contributed by atoms with Crippen LogP contribution in [-0.4, -0.2) is 6.29 Å². The van der Waals surface area contributed by atoms with Crippen molar-refractivity contribution in [3.63, 3.8) is 0 Å². The Labute approximate surface area is 273 Å². The van der Waals surface area contributed by atoms with Crippen molar-refractivity contribution in [3.05, 3.63) is 102 Å². The minimum absolute atomic E-state index is 0.0854. The molecule has 0 saturated carbocycles. The van der Waals surface area contributed by atoms with Crippen LogP contribution >= 0.6 is 31.9 Å². The fourth-order valence-electron chi connectivity index (χ4n) is 9.86. The zero-order valence-corrected chi connectivity index (χ0v) is 29.4. The first kappa shape index (κ1) is 29.2. The number of aldehydes is 1. The molecule has 3 aliphatic carbocycles. The van der Waals surface area contributed by atoms with E-state index in [1.54, 1.807) is 11.1 Å². The molecule has 0 unspecified atom stereocenters. The molecule has 7 rings (SSSR count). The van der Waals surface area contributed by atoms with Crippen LogP contribution in [0, 0.1) is 0 Å². The van der Waals surface area contributed by atoms with Gasteiger partial charge in [0.1, 0.15) is 6.29 Å². The van der Waals surface area contributed by atoms with Crippen molar-refractivity contribution in [2.75, 3.05) is 0 Å². The van der Waals surface area contributed by atoms with E-state index in [0.717, 1.165) is 59.3 Å². The Bertz CT molecular complexity index is 1830. The van der Waals surface area contributed by atoms with E-state index in [-0.39, 0.29) is 16.2 Å². The van der Waals surface area contributed by atoms with Gasteiger partial charge in [0.25, 0.3) is 0 Å². The lowest BCUT2D eigenvalue weighted by atomic mass is 9.63. The van der Waals surface area contributed by atoms with Crippen molar-refractivity contribution >= 4 is 38.1 Å². The third-order valence-electron chi connectivity index (χ3n) is 12.1. The normalized spacial score (nSPS) is 17.1. The van der Waals surface area contributed by atoms with Gasteiger partial charge in [-0.2, -0.15) is 0 Å². The summed E-state index contributed by atoms with van der Waals surface area (Å²) in [5.41, 5.74) is 17.9. The second kappa shape index (κ2) is 10.0. The SMILES string of the molecule is CCC1(CC)c2cc(Br)ccc2-c2c3c(c4c(c21)-c1ccc(C=O)cc1C4(CC)CC)C(CC)(CC)c1cc(Br)ccc1-3. The molecule has 0 aliphatic heterocycles. The van der Waals surface area contributed by atoms with Crippen molar-refractivity contribution in [2.24, 2.45) is 0 Å². The van der Waals surface area contributed by atoms with Crippen LogP contribution in [0.5, 0.6) is 0 Å². The maximum Gasteiger partial charge on any atom is 0.150 e. The van der Waals surface area contributed by atoms with E-state index in [0.29, 0.717) is 0 Å². The summed E-state index contributed by atoms with van der Waals surface area (Å²) >= 11 is 7.73. The zero-order valence-electron chi connectivity index (χ0n) is 26.2. The quantitative estimate of drug-likeness (QED) is 0.176. The summed E-state index contributed by atoms with van der Waals surface area (Å²) < 4.78 is 2.29. The Morgan fingerprint density at radius 2 is 0.884 bits per heavy atom. The Balaban J connectivity index is 1.81. The lowest BCUT2D eigenvalue weighted by Gasteiger charge is -2.39. The van der Waals surface area contributed by atoms with Gasteiger partial charge in [-0.3, -0.25) is 4.79 Å². The van der Waals surface area contributed by atoms with Crippen molar-refractivity contribution in [3.8, 4) is 33.4 Å². The topological polar surface area (TPSA) is 17.1 Å². The zero-order chi connectivity index (χ0) is 30.5. The van der Waals surface area contributed by atoms with E-state index in [4.69, 9.17) is 0 Å². The van der Waals surface area contributed by atoms with Gasteiger partial charge in [0.2, 0.25) is 0 Å². The monoisotopic (exact) mass is 694 g/mol. The first-order chi connectivity index (χ1) is 20.8. The molecule has 0 spiro atoms. The van der Waals surface area contributed by atoms with E-state index in [9.17, 15) is 4.79 Å². The Kier molecular flexibility index (Phi) is 6.81. The van der Waals surface area contributed by atoms with Crippen LogP contribution < -0.4 is 0 Å². The molecule has 0 radical (unpaired) electrons. The standard InChI is InChI=1S/C40H40Br2O/c1-7-38(8-2)30-20-24(41)14-17-26(30)32-33-27-18-15-25(42)21-31(27)40(11-5,12-6)36(33)37-34(35(32)38)28-16-13-23(22-43)19-29(28)39(37,9-3)10-4/h13-22H,7-12H2,1-6H3. The van der Waals surface area contributed by atoms with E-state index >= 15 is 0 Å². The molecule has 0 N–H and O–H groups in total. The minimum Gasteiger partial charge on any atom is -0.298 e. The summed E-state index contributed by atoms with van der Waals surface area (Å²) in [7, 11) is 0. The van der Waals surface area contributed by atoms with Crippen molar-refractivity contribution in [1.82, 2.24) is 0 Å². The summed E-state index contributed by atoms with van der Waals surface area (Å²) in [6.07, 6.45) is 7.21. The number of rotatable bonds is 7. The predicted octanol–water partition coefficient (Wildman–Crippen LogP) is 12.3.